The first-order valence-electron chi connectivity index (χ1n) is 8.40. The van der Waals surface area contributed by atoms with Crippen LogP contribution in [0, 0.1) is 6.92 Å². The van der Waals surface area contributed by atoms with Gasteiger partial charge in [-0.3, -0.25) is 4.31 Å². The highest BCUT2D eigenvalue weighted by atomic mass is 35.5. The van der Waals surface area contributed by atoms with Gasteiger partial charge < -0.3 is 9.47 Å². The van der Waals surface area contributed by atoms with Crippen LogP contribution in [-0.4, -0.2) is 34.6 Å². The van der Waals surface area contributed by atoms with E-state index in [-0.39, 0.29) is 28.6 Å². The summed E-state index contributed by atoms with van der Waals surface area (Å²) in [4.78, 5) is 12.0. The van der Waals surface area contributed by atoms with Gasteiger partial charge in [0.15, 0.2) is 0 Å². The summed E-state index contributed by atoms with van der Waals surface area (Å²) < 4.78 is 37.6. The summed E-state index contributed by atoms with van der Waals surface area (Å²) in [5.74, 6) is 0.0598. The van der Waals surface area contributed by atoms with E-state index in [0.29, 0.717) is 17.0 Å². The Morgan fingerprint density at radius 3 is 2.37 bits per heavy atom. The van der Waals surface area contributed by atoms with Gasteiger partial charge in [0.1, 0.15) is 5.75 Å². The predicted molar refractivity (Wildman–Crippen MR) is 105 cm³/mol. The highest BCUT2D eigenvalue weighted by Gasteiger charge is 2.25. The minimum atomic E-state index is -3.81. The van der Waals surface area contributed by atoms with Crippen LogP contribution < -0.4 is 9.04 Å². The molecule has 0 amide bonds. The van der Waals surface area contributed by atoms with Crippen LogP contribution in [0.3, 0.4) is 0 Å². The van der Waals surface area contributed by atoms with Gasteiger partial charge in [0.2, 0.25) is 0 Å². The molecular formula is C19H22ClNO5S. The lowest BCUT2D eigenvalue weighted by Gasteiger charge is -2.24. The molecule has 0 saturated heterocycles. The van der Waals surface area contributed by atoms with Crippen molar-refractivity contribution >= 4 is 33.3 Å². The summed E-state index contributed by atoms with van der Waals surface area (Å²) >= 11 is 6.18. The molecule has 0 unspecified atom stereocenters. The molecule has 27 heavy (non-hydrogen) atoms. The van der Waals surface area contributed by atoms with Gasteiger partial charge in [-0.05, 0) is 62.7 Å². The zero-order valence-corrected chi connectivity index (χ0v) is 17.2. The quantitative estimate of drug-likeness (QED) is 0.642. The fourth-order valence-corrected chi connectivity index (χ4v) is 4.47. The normalized spacial score (nSPS) is 11.1. The van der Waals surface area contributed by atoms with Crippen molar-refractivity contribution in [1.82, 2.24) is 0 Å². The average molecular weight is 412 g/mol. The molecule has 0 bridgehead atoms. The first kappa shape index (κ1) is 21.1. The van der Waals surface area contributed by atoms with E-state index in [9.17, 15) is 13.2 Å². The second kappa shape index (κ2) is 8.63. The molecule has 8 heteroatoms. The van der Waals surface area contributed by atoms with E-state index in [2.05, 4.69) is 0 Å². The number of hydrogen-bond acceptors (Lipinski definition) is 5. The molecule has 2 aromatic rings. The van der Waals surface area contributed by atoms with Gasteiger partial charge in [-0.2, -0.15) is 0 Å². The largest absolute Gasteiger partial charge is 0.496 e. The zero-order chi connectivity index (χ0) is 20.2. The number of anilines is 1. The second-order valence-electron chi connectivity index (χ2n) is 5.69. The van der Waals surface area contributed by atoms with Crippen LogP contribution in [0.15, 0.2) is 41.3 Å². The smallest absolute Gasteiger partial charge is 0.339 e. The third kappa shape index (κ3) is 4.36. The molecule has 2 rings (SSSR count). The fraction of sp³-hybridized carbons (Fsp3) is 0.316. The number of esters is 1. The summed E-state index contributed by atoms with van der Waals surface area (Å²) in [7, 11) is -2.28. The fourth-order valence-electron chi connectivity index (χ4n) is 2.66. The number of halogens is 1. The molecule has 0 saturated carbocycles. The molecule has 6 nitrogen and oxygen atoms in total. The van der Waals surface area contributed by atoms with Crippen LogP contribution in [0.4, 0.5) is 5.69 Å². The molecule has 0 atom stereocenters. The van der Waals surface area contributed by atoms with Crippen molar-refractivity contribution in [2.24, 2.45) is 0 Å². The predicted octanol–water partition coefficient (Wildman–Crippen LogP) is 4.05. The summed E-state index contributed by atoms with van der Waals surface area (Å²) in [5, 5.41) is 0.130. The lowest BCUT2D eigenvalue weighted by Crippen LogP contribution is -2.31. The van der Waals surface area contributed by atoms with Crippen molar-refractivity contribution in [3.05, 3.63) is 52.5 Å². The van der Waals surface area contributed by atoms with Gasteiger partial charge in [0, 0.05) is 6.54 Å². The molecule has 0 spiro atoms. The molecule has 0 aromatic heterocycles. The molecule has 0 radical (unpaired) electrons. The lowest BCUT2D eigenvalue weighted by atomic mass is 10.2. The van der Waals surface area contributed by atoms with Crippen molar-refractivity contribution in [1.29, 1.82) is 0 Å². The van der Waals surface area contributed by atoms with Gasteiger partial charge >= 0.3 is 5.97 Å². The second-order valence-corrected chi connectivity index (χ2v) is 7.96. The number of aryl methyl sites for hydroxylation is 1. The highest BCUT2D eigenvalue weighted by molar-refractivity contribution is 7.92. The molecule has 0 aliphatic heterocycles. The minimum Gasteiger partial charge on any atom is -0.496 e. The first-order valence-corrected chi connectivity index (χ1v) is 10.2. The Balaban J connectivity index is 2.44. The number of benzene rings is 2. The van der Waals surface area contributed by atoms with Crippen molar-refractivity contribution < 1.29 is 22.7 Å². The maximum atomic E-state index is 13.1. The van der Waals surface area contributed by atoms with Crippen molar-refractivity contribution in [3.63, 3.8) is 0 Å². The van der Waals surface area contributed by atoms with Crippen LogP contribution in [0.1, 0.15) is 29.8 Å². The lowest BCUT2D eigenvalue weighted by molar-refractivity contribution is 0.0526. The molecule has 146 valence electrons. The Morgan fingerprint density at radius 1 is 1.15 bits per heavy atom. The topological polar surface area (TPSA) is 72.9 Å². The summed E-state index contributed by atoms with van der Waals surface area (Å²) in [5.41, 5.74) is 1.27. The number of ether oxygens (including phenoxy) is 2. The third-order valence-corrected chi connectivity index (χ3v) is 6.19. The van der Waals surface area contributed by atoms with Crippen molar-refractivity contribution in [2.45, 2.75) is 25.7 Å². The number of hydrogen-bond donors (Lipinski definition) is 0. The molecule has 0 N–H and O–H groups in total. The molecule has 0 aliphatic rings. The Labute approximate surface area is 164 Å². The van der Waals surface area contributed by atoms with E-state index in [1.165, 1.54) is 35.7 Å². The van der Waals surface area contributed by atoms with Gasteiger partial charge in [-0.1, -0.05) is 11.6 Å². The summed E-state index contributed by atoms with van der Waals surface area (Å²) in [6.07, 6.45) is 0. The third-order valence-electron chi connectivity index (χ3n) is 3.98. The average Bonchev–Trinajstić information content (AvgIpc) is 2.62. The maximum absolute atomic E-state index is 13.1. The summed E-state index contributed by atoms with van der Waals surface area (Å²) in [6, 6.07) is 9.13. The van der Waals surface area contributed by atoms with E-state index >= 15 is 0 Å². The van der Waals surface area contributed by atoms with Gasteiger partial charge in [0.25, 0.3) is 10.0 Å². The SMILES string of the molecule is CCOC(=O)c1ccc(N(CC)S(=O)(=O)c2ccc(OC)c(C)c2)cc1Cl. The molecule has 0 fully saturated rings. The van der Waals surface area contributed by atoms with E-state index in [4.69, 9.17) is 21.1 Å². The van der Waals surface area contributed by atoms with Crippen molar-refractivity contribution in [2.75, 3.05) is 24.6 Å². The summed E-state index contributed by atoms with van der Waals surface area (Å²) in [6.45, 7) is 5.62. The maximum Gasteiger partial charge on any atom is 0.339 e. The minimum absolute atomic E-state index is 0.130. The number of carbonyl (C=O) groups excluding carboxylic acids is 1. The monoisotopic (exact) mass is 411 g/mol. The van der Waals surface area contributed by atoms with E-state index < -0.39 is 16.0 Å². The number of methoxy groups -OCH3 is 1. The number of rotatable bonds is 7. The molecule has 2 aromatic carbocycles. The standard InChI is InChI=1S/C19H22ClNO5S/c1-5-21(14-7-9-16(17(20)12-14)19(22)26-6-2)27(23,24)15-8-10-18(25-4)13(3)11-15/h7-12H,5-6H2,1-4H3. The number of sulfonamides is 1. The van der Waals surface area contributed by atoms with Gasteiger partial charge in [-0.25, -0.2) is 13.2 Å². The Kier molecular flexibility index (Phi) is 6.73. The van der Waals surface area contributed by atoms with Crippen LogP contribution in [-0.2, 0) is 14.8 Å². The van der Waals surface area contributed by atoms with Crippen LogP contribution >= 0.6 is 11.6 Å². The van der Waals surface area contributed by atoms with Crippen molar-refractivity contribution in [3.8, 4) is 5.75 Å². The van der Waals surface area contributed by atoms with Crippen LogP contribution in [0.2, 0.25) is 5.02 Å². The highest BCUT2D eigenvalue weighted by Crippen LogP contribution is 2.30. The first-order chi connectivity index (χ1) is 12.8. The Bertz CT molecular complexity index is 943. The molecular weight excluding hydrogens is 390 g/mol. The van der Waals surface area contributed by atoms with Gasteiger partial charge in [-0.15, -0.1) is 0 Å². The van der Waals surface area contributed by atoms with Crippen LogP contribution in [0.25, 0.3) is 0 Å². The number of carbonyl (C=O) groups is 1. The Morgan fingerprint density at radius 2 is 1.85 bits per heavy atom. The van der Waals surface area contributed by atoms with E-state index in [0.717, 1.165) is 0 Å². The van der Waals surface area contributed by atoms with Gasteiger partial charge in [0.05, 0.1) is 34.9 Å². The zero-order valence-electron chi connectivity index (χ0n) is 15.7. The Hall–Kier alpha value is -2.25. The van der Waals surface area contributed by atoms with E-state index in [1.54, 1.807) is 32.9 Å². The molecule has 0 aliphatic carbocycles. The number of nitrogens with zero attached hydrogens (tertiary/aromatic N) is 1. The van der Waals surface area contributed by atoms with E-state index in [1.807, 2.05) is 0 Å². The molecule has 0 heterocycles. The van der Waals surface area contributed by atoms with Crippen LogP contribution in [0.5, 0.6) is 5.75 Å².